The van der Waals surface area contributed by atoms with E-state index in [1.165, 1.54) is 24.0 Å². The van der Waals surface area contributed by atoms with Crippen LogP contribution in [0, 0.1) is 6.92 Å². The molecular formula is C15H18O3. The van der Waals surface area contributed by atoms with Crippen LogP contribution < -0.4 is 9.47 Å². The van der Waals surface area contributed by atoms with Crippen LogP contribution in [-0.4, -0.2) is 23.9 Å². The van der Waals surface area contributed by atoms with Crippen LogP contribution >= 0.6 is 0 Å². The smallest absolute Gasteiger partial charge is 0.127 e. The van der Waals surface area contributed by atoms with Gasteiger partial charge in [-0.1, -0.05) is 0 Å². The summed E-state index contributed by atoms with van der Waals surface area (Å²) in [4.78, 5) is 0. The van der Waals surface area contributed by atoms with Gasteiger partial charge in [0.15, 0.2) is 0 Å². The molecule has 0 radical (unpaired) electrons. The number of hydrogen-bond donors (Lipinski definition) is 1. The largest absolute Gasteiger partial charge is 0.492 e. The minimum atomic E-state index is -0.168. The fraction of sp³-hybridized carbons (Fsp3) is 0.600. The fourth-order valence-corrected chi connectivity index (χ4v) is 3.10. The standard InChI is InChI=1S/C15H18O3/c1-9-4-12-14(15(2-3-15)8-17-12)13(5-9)18-11-6-10(16)7-11/h4-5,10-11,16H,2-3,6-8H2,1H3/t10-,11-. The van der Waals surface area contributed by atoms with Gasteiger partial charge in [-0.15, -0.1) is 0 Å². The highest BCUT2D eigenvalue weighted by Crippen LogP contribution is 2.59. The highest BCUT2D eigenvalue weighted by molar-refractivity contribution is 5.57. The second-order valence-electron chi connectivity index (χ2n) is 6.07. The topological polar surface area (TPSA) is 38.7 Å². The van der Waals surface area contributed by atoms with E-state index in [0.29, 0.717) is 0 Å². The Kier molecular flexibility index (Phi) is 2.03. The molecule has 3 aliphatic rings. The zero-order chi connectivity index (χ0) is 12.3. The molecule has 1 heterocycles. The molecule has 1 aromatic rings. The first kappa shape index (κ1) is 10.7. The van der Waals surface area contributed by atoms with E-state index in [4.69, 9.17) is 9.47 Å². The number of aryl methyl sites for hydroxylation is 1. The van der Waals surface area contributed by atoms with Crippen LogP contribution in [-0.2, 0) is 5.41 Å². The zero-order valence-corrected chi connectivity index (χ0v) is 10.6. The summed E-state index contributed by atoms with van der Waals surface area (Å²) < 4.78 is 11.9. The Bertz CT molecular complexity index is 499. The summed E-state index contributed by atoms with van der Waals surface area (Å²) in [6.45, 7) is 2.89. The van der Waals surface area contributed by atoms with Gasteiger partial charge in [0.2, 0.25) is 0 Å². The SMILES string of the molecule is Cc1cc2c(c(O[C@H]3C[C@H](O)C3)c1)C1(CC1)CO2. The Morgan fingerprint density at radius 2 is 2.11 bits per heavy atom. The van der Waals surface area contributed by atoms with Crippen LogP contribution in [0.3, 0.4) is 0 Å². The van der Waals surface area contributed by atoms with Crippen molar-refractivity contribution in [2.45, 2.75) is 50.2 Å². The first-order chi connectivity index (χ1) is 8.66. The Labute approximate surface area is 107 Å². The molecule has 1 N–H and O–H groups in total. The Balaban J connectivity index is 1.69. The van der Waals surface area contributed by atoms with Gasteiger partial charge in [-0.2, -0.15) is 0 Å². The second-order valence-corrected chi connectivity index (χ2v) is 6.07. The maximum absolute atomic E-state index is 9.35. The highest BCUT2D eigenvalue weighted by atomic mass is 16.5. The molecule has 0 bridgehead atoms. The Morgan fingerprint density at radius 3 is 2.78 bits per heavy atom. The number of hydrogen-bond acceptors (Lipinski definition) is 3. The minimum absolute atomic E-state index is 0.168. The van der Waals surface area contributed by atoms with Crippen molar-refractivity contribution in [1.82, 2.24) is 0 Å². The van der Waals surface area contributed by atoms with Crippen LogP contribution in [0.5, 0.6) is 11.5 Å². The zero-order valence-electron chi connectivity index (χ0n) is 10.6. The summed E-state index contributed by atoms with van der Waals surface area (Å²) in [5, 5.41) is 9.35. The molecule has 3 heteroatoms. The van der Waals surface area contributed by atoms with Gasteiger partial charge in [0.05, 0.1) is 12.7 Å². The number of benzene rings is 1. The van der Waals surface area contributed by atoms with Gasteiger partial charge in [-0.05, 0) is 37.5 Å². The van der Waals surface area contributed by atoms with E-state index >= 15 is 0 Å². The van der Waals surface area contributed by atoms with Crippen LogP contribution in [0.25, 0.3) is 0 Å². The molecule has 2 fully saturated rings. The predicted molar refractivity (Wildman–Crippen MR) is 67.2 cm³/mol. The summed E-state index contributed by atoms with van der Waals surface area (Å²) in [7, 11) is 0. The van der Waals surface area contributed by atoms with Crippen LogP contribution in [0.2, 0.25) is 0 Å². The number of rotatable bonds is 2. The second kappa shape index (κ2) is 3.41. The summed E-state index contributed by atoms with van der Waals surface area (Å²) >= 11 is 0. The van der Waals surface area contributed by atoms with Crippen molar-refractivity contribution in [2.24, 2.45) is 0 Å². The first-order valence-electron chi connectivity index (χ1n) is 6.79. The molecule has 0 amide bonds. The van der Waals surface area contributed by atoms with Crippen molar-refractivity contribution in [3.63, 3.8) is 0 Å². The summed E-state index contributed by atoms with van der Waals surface area (Å²) in [5.74, 6) is 2.01. The molecule has 0 saturated heterocycles. The van der Waals surface area contributed by atoms with Crippen LogP contribution in [0.1, 0.15) is 36.8 Å². The molecule has 1 aliphatic heterocycles. The van der Waals surface area contributed by atoms with Crippen LogP contribution in [0.15, 0.2) is 12.1 Å². The minimum Gasteiger partial charge on any atom is -0.492 e. The average Bonchev–Trinajstić information content (AvgIpc) is 2.95. The molecule has 18 heavy (non-hydrogen) atoms. The van der Waals surface area contributed by atoms with E-state index in [-0.39, 0.29) is 17.6 Å². The van der Waals surface area contributed by atoms with Crippen molar-refractivity contribution >= 4 is 0 Å². The summed E-state index contributed by atoms with van der Waals surface area (Å²) in [6, 6.07) is 4.24. The molecule has 4 rings (SSSR count). The van der Waals surface area contributed by atoms with Crippen molar-refractivity contribution in [3.05, 3.63) is 23.3 Å². The number of aliphatic hydroxyl groups excluding tert-OH is 1. The normalized spacial score (nSPS) is 30.6. The van der Waals surface area contributed by atoms with E-state index in [1.54, 1.807) is 0 Å². The van der Waals surface area contributed by atoms with Gasteiger partial charge in [0.25, 0.3) is 0 Å². The molecule has 1 aromatic carbocycles. The summed E-state index contributed by atoms with van der Waals surface area (Å²) in [5.41, 5.74) is 2.72. The van der Waals surface area contributed by atoms with Crippen molar-refractivity contribution in [3.8, 4) is 11.5 Å². The number of aliphatic hydroxyl groups is 1. The predicted octanol–water partition coefficient (Wildman–Crippen LogP) is 2.32. The van der Waals surface area contributed by atoms with E-state index in [0.717, 1.165) is 30.9 Å². The van der Waals surface area contributed by atoms with E-state index in [1.807, 2.05) is 0 Å². The van der Waals surface area contributed by atoms with Crippen molar-refractivity contribution in [2.75, 3.05) is 6.61 Å². The molecule has 2 saturated carbocycles. The fourth-order valence-electron chi connectivity index (χ4n) is 3.10. The molecule has 0 atom stereocenters. The Morgan fingerprint density at radius 1 is 1.33 bits per heavy atom. The third kappa shape index (κ3) is 1.46. The quantitative estimate of drug-likeness (QED) is 0.870. The Hall–Kier alpha value is -1.22. The lowest BCUT2D eigenvalue weighted by atomic mass is 9.91. The third-order valence-corrected chi connectivity index (χ3v) is 4.46. The first-order valence-corrected chi connectivity index (χ1v) is 6.79. The molecule has 0 aromatic heterocycles. The average molecular weight is 246 g/mol. The van der Waals surface area contributed by atoms with Gasteiger partial charge < -0.3 is 14.6 Å². The number of ether oxygens (including phenoxy) is 2. The summed E-state index contributed by atoms with van der Waals surface area (Å²) in [6.07, 6.45) is 3.97. The third-order valence-electron chi connectivity index (χ3n) is 4.46. The van der Waals surface area contributed by atoms with E-state index < -0.39 is 0 Å². The van der Waals surface area contributed by atoms with Gasteiger partial charge in [-0.3, -0.25) is 0 Å². The highest BCUT2D eigenvalue weighted by Gasteiger charge is 2.53. The lowest BCUT2D eigenvalue weighted by Gasteiger charge is -2.32. The van der Waals surface area contributed by atoms with E-state index in [9.17, 15) is 5.11 Å². The molecule has 0 unspecified atom stereocenters. The molecule has 1 spiro atoms. The van der Waals surface area contributed by atoms with Gasteiger partial charge in [0, 0.05) is 23.8 Å². The van der Waals surface area contributed by atoms with Crippen molar-refractivity contribution < 1.29 is 14.6 Å². The molecular weight excluding hydrogens is 228 g/mol. The lowest BCUT2D eigenvalue weighted by Crippen LogP contribution is -2.37. The van der Waals surface area contributed by atoms with E-state index in [2.05, 4.69) is 19.1 Å². The molecule has 96 valence electrons. The lowest BCUT2D eigenvalue weighted by molar-refractivity contribution is -0.0113. The monoisotopic (exact) mass is 246 g/mol. The van der Waals surface area contributed by atoms with Gasteiger partial charge in [0.1, 0.15) is 17.6 Å². The van der Waals surface area contributed by atoms with Crippen LogP contribution in [0.4, 0.5) is 0 Å². The van der Waals surface area contributed by atoms with Gasteiger partial charge in [-0.25, -0.2) is 0 Å². The number of fused-ring (bicyclic) bond motifs is 2. The van der Waals surface area contributed by atoms with Gasteiger partial charge >= 0.3 is 0 Å². The maximum Gasteiger partial charge on any atom is 0.127 e. The molecule has 2 aliphatic carbocycles. The van der Waals surface area contributed by atoms with Crippen molar-refractivity contribution in [1.29, 1.82) is 0 Å². The maximum atomic E-state index is 9.35. The molecule has 3 nitrogen and oxygen atoms in total.